The minimum atomic E-state index is -4.64. The molecule has 0 bridgehead atoms. The number of aldehydes is 1. The minimum Gasteiger partial charge on any atom is -0.652 e. The molecule has 6 amide bonds. The number of rotatable bonds is 49. The first-order valence-electron chi connectivity index (χ1n) is 37.9. The van der Waals surface area contributed by atoms with E-state index in [1.807, 2.05) is 0 Å². The van der Waals surface area contributed by atoms with Crippen LogP contribution in [0.1, 0.15) is 126 Å². The molecule has 21 radical (unpaired) electrons. The molecule has 66 heteroatoms. The van der Waals surface area contributed by atoms with E-state index in [1.165, 1.54) is 82.3 Å². The summed E-state index contributed by atoms with van der Waals surface area (Å²) < 4.78 is 160. The molecule has 0 aromatic carbocycles. The minimum absolute atomic E-state index is 0. The summed E-state index contributed by atoms with van der Waals surface area (Å²) >= 11 is 9.53. The van der Waals surface area contributed by atoms with Crippen LogP contribution in [0.5, 0.6) is 0 Å². The van der Waals surface area contributed by atoms with Gasteiger partial charge in [0.1, 0.15) is 17.2 Å². The van der Waals surface area contributed by atoms with Crippen LogP contribution in [0.4, 0.5) is 22.8 Å². The number of hydrogen-bond acceptors (Lipinski definition) is 31. The first-order valence-corrected chi connectivity index (χ1v) is 39.0. The fourth-order valence-corrected chi connectivity index (χ4v) is 8.43. The van der Waals surface area contributed by atoms with E-state index in [4.69, 9.17) is 137 Å². The third-order valence-corrected chi connectivity index (χ3v) is 13.4. The van der Waals surface area contributed by atoms with Gasteiger partial charge in [0.25, 0.3) is 0 Å². The summed E-state index contributed by atoms with van der Waals surface area (Å²) in [4.78, 5) is 76.1. The van der Waals surface area contributed by atoms with E-state index in [0.717, 1.165) is 131 Å². The summed E-state index contributed by atoms with van der Waals surface area (Å²) in [5.41, 5.74) is 9.82. The van der Waals surface area contributed by atoms with Gasteiger partial charge in [-0.2, -0.15) is 13.2 Å². The van der Waals surface area contributed by atoms with Crippen molar-refractivity contribution in [1.29, 1.82) is 0 Å². The van der Waals surface area contributed by atoms with E-state index in [-0.39, 0.29) is 193 Å². The molecule has 4 heterocycles. The molecular weight excluding hydrogens is 2210 g/mol. The number of ether oxygens (including phenoxy) is 2. The van der Waals surface area contributed by atoms with Gasteiger partial charge in [-0.25, -0.2) is 9.59 Å². The topological polar surface area (TPSA) is 459 Å². The Hall–Kier alpha value is 0.303. The Balaban J connectivity index is -0.000000158. The second-order valence-electron chi connectivity index (χ2n) is 25.3. The maximum atomic E-state index is 13.0. The van der Waals surface area contributed by atoms with Crippen molar-refractivity contribution in [2.45, 2.75) is 298 Å². The van der Waals surface area contributed by atoms with Gasteiger partial charge in [-0.3, -0.25) is 14.4 Å². The third-order valence-electron chi connectivity index (χ3n) is 13.4. The standard InChI is InChI=1S/C20H41B20O20.2C11H20N2O3.2C6H12N2O.C2HF3O.CH2Cl2.CH4.4CH3.2W.2Y/c1-21-42-12(43-22-2)32-53-17(52-31-11)37-58-20(40-41,59-38-18(54-33-13(44-23-3)45-24-4)55-34-14(46-25-5)47-26-6)60-39-19(56-35-15(48-27-7)49-28-8)57-36-16(50-29-9)51-30-10;2*1-11(2,3)16-10(15)13-8-6-4-5-7-12-9(8)14;2*7-5-3-1-2-4-8-6(5)9;3-2(4,5)1-6;2-1-3;;;;;;;;;/h12-19H,1-11H3;8H,4-7H2,1-3H3,(H,12,14)(H,13,15);8H,4-7H2,1-3H3,(H2,12,13,14,15);2*5H,1-4,7H2,(H,8,9);1H;1H2;1H4;4*1H3;;;;/q;;;;;;;;4*-1;;;;/p-2/t;2*8-;2*5-;;;;;;;;;;;/m.0000.........../s1. The number of nitrogens with two attached hydrogens (primary N) is 2. The molecule has 5 atom stereocenters. The number of alkyl halides is 5. The number of amides is 6. The second kappa shape index (κ2) is 98.9. The first-order chi connectivity index (χ1) is 56.5. The average molecular weight is 2330 g/mol. The summed E-state index contributed by atoms with van der Waals surface area (Å²) in [7, 11) is 23.6. The zero-order valence-corrected chi connectivity index (χ0v) is 89.9. The van der Waals surface area contributed by atoms with Crippen LogP contribution >= 0.6 is 23.2 Å². The summed E-state index contributed by atoms with van der Waals surface area (Å²) in [6.45, 7) is 31.3. The van der Waals surface area contributed by atoms with Crippen LogP contribution in [-0.2, 0) is 234 Å². The van der Waals surface area contributed by atoms with E-state index in [2.05, 4.69) is 31.9 Å². The van der Waals surface area contributed by atoms with Crippen LogP contribution in [0.25, 0.3) is 10.6 Å². The molecule has 0 saturated carbocycles. The molecule has 128 heavy (non-hydrogen) atoms. The van der Waals surface area contributed by atoms with Crippen LogP contribution in [0, 0.1) is 29.7 Å². The van der Waals surface area contributed by atoms with Crippen LogP contribution in [0.2, 0.25) is 75.1 Å². The Morgan fingerprint density at radius 2 is 0.672 bits per heavy atom. The molecular formula is C62H122B20Cl2F3N8O29W2Y2-6. The van der Waals surface area contributed by atoms with Gasteiger partial charge in [0.2, 0.25) is 18.1 Å². The maximum absolute atomic E-state index is 13.0. The summed E-state index contributed by atoms with van der Waals surface area (Å²) in [5, 5.41) is 18.4. The van der Waals surface area contributed by atoms with Gasteiger partial charge in [0.05, 0.1) is 29.2 Å². The van der Waals surface area contributed by atoms with Crippen molar-refractivity contribution in [3.8, 4) is 0 Å². The van der Waals surface area contributed by atoms with Crippen molar-refractivity contribution >= 4 is 215 Å². The Kier molecular flexibility index (Phi) is 119. The number of carbonyl (C=O) groups is 7. The molecule has 8 N–H and O–H groups in total. The predicted molar refractivity (Wildman–Crippen MR) is 485 cm³/mol. The zero-order valence-electron chi connectivity index (χ0n) is 76.8. The van der Waals surface area contributed by atoms with Crippen molar-refractivity contribution in [2.24, 2.45) is 11.5 Å². The fraction of sp³-hybridized carbons (Fsp3) is 0.823. The molecule has 4 aliphatic rings. The van der Waals surface area contributed by atoms with E-state index in [1.54, 1.807) is 117 Å². The number of carbonyl (C=O) groups excluding carboxylic acids is 7. The van der Waals surface area contributed by atoms with Gasteiger partial charge < -0.3 is 92.1 Å². The molecule has 4 saturated heterocycles. The fourth-order valence-electron chi connectivity index (χ4n) is 8.43. The van der Waals surface area contributed by atoms with Crippen molar-refractivity contribution in [3.05, 3.63) is 40.3 Å². The molecule has 37 nitrogen and oxygen atoms in total. The molecule has 1 unspecified atom stereocenters. The Morgan fingerprint density at radius 1 is 0.430 bits per heavy atom. The van der Waals surface area contributed by atoms with Gasteiger partial charge in [0, 0.05) is 127 Å². The monoisotopic (exact) mass is 2340 g/mol. The van der Waals surface area contributed by atoms with Crippen molar-refractivity contribution in [2.75, 3.05) is 31.5 Å². The average Bonchev–Trinajstić information content (AvgIpc) is 1.02. The second-order valence-corrected chi connectivity index (χ2v) is 26.1. The Bertz CT molecular complexity index is 2440. The summed E-state index contributed by atoms with van der Waals surface area (Å²) in [5.74, 6) is -3.22. The largest absolute Gasteiger partial charge is 0.652 e. The molecule has 4 aliphatic heterocycles. The third kappa shape index (κ3) is 90.2. The van der Waals surface area contributed by atoms with Crippen molar-refractivity contribution in [3.63, 3.8) is 0 Å². The zero-order chi connectivity index (χ0) is 90.4. The van der Waals surface area contributed by atoms with Gasteiger partial charge in [-0.05, 0) is 92.9 Å². The van der Waals surface area contributed by atoms with Crippen molar-refractivity contribution < 1.29 is 257 Å². The van der Waals surface area contributed by atoms with Crippen LogP contribution in [0.3, 0.4) is 0 Å². The molecule has 0 aromatic rings. The van der Waals surface area contributed by atoms with Crippen molar-refractivity contribution in [1.82, 2.24) is 21.3 Å². The maximum Gasteiger partial charge on any atom is 0.446 e. The summed E-state index contributed by atoms with van der Waals surface area (Å²) in [6, 6.07) is -1.55. The number of nitrogens with zero attached hydrogens (tertiary/aromatic N) is 2. The predicted octanol–water partition coefficient (Wildman–Crippen LogP) is 4.28. The van der Waals surface area contributed by atoms with Gasteiger partial charge >= 0.3 is 391 Å². The summed E-state index contributed by atoms with van der Waals surface area (Å²) in [6.07, 6.45) is -5.44. The van der Waals surface area contributed by atoms with Gasteiger partial charge in [0.15, 0.2) is 0 Å². The van der Waals surface area contributed by atoms with E-state index < -0.39 is 103 Å². The quantitative estimate of drug-likeness (QED) is 0.0163. The molecule has 0 aliphatic carbocycles. The normalized spacial score (nSPS) is 15.8. The van der Waals surface area contributed by atoms with Gasteiger partial charge in [-0.1, -0.05) is 33.1 Å². The smallest absolute Gasteiger partial charge is 0.446 e. The van der Waals surface area contributed by atoms with E-state index in [9.17, 15) is 46.6 Å². The Labute approximate surface area is 866 Å². The number of alkyl carbamates (subject to hydrolysis) is 2. The molecule has 0 aromatic heterocycles. The molecule has 4 rings (SSSR count). The molecule has 4 fully saturated rings. The first kappa shape index (κ1) is 154. The molecule has 0 spiro atoms. The number of nitrogens with one attached hydrogen (secondary N) is 4. The molecule has 703 valence electrons. The SMILES string of the molecule is C.CC(C)(C)OC(=O)N[C@H]1CCCCNC1=O.CC(C)(C)OC(=O)N[C@H]1CCCC[N-]C1=O.C[B]OC([B]OC([B]OC(B=O)(O[B]C(O[B]C(O[B]C)O[B]C)O[B]C(O[B]C)O[B]C)O[B]C(O[B]C(O[B]C)O[B]C)O[B]C(O[B]C)O[B]C)O[B]C)O[B]C.ClCCl.N[C@H]1CCCCNC1=O.N[C@H]1CCCC[N-]C1=O.O=CC(F)(F)F.[CH3-].[CH3-].[CH3-].[CH3-].[W].[W].[Y].[Y]. The van der Waals surface area contributed by atoms with Crippen LogP contribution in [-0.4, -0.2) is 320 Å². The number of hydrogen-bond donors (Lipinski definition) is 6. The van der Waals surface area contributed by atoms with E-state index in [0.29, 0.717) is 32.5 Å². The van der Waals surface area contributed by atoms with E-state index >= 15 is 0 Å². The van der Waals surface area contributed by atoms with Crippen LogP contribution in [0.15, 0.2) is 0 Å². The Morgan fingerprint density at radius 3 is 0.961 bits per heavy atom. The number of halogens is 5. The van der Waals surface area contributed by atoms with Crippen LogP contribution < -0.4 is 32.7 Å². The van der Waals surface area contributed by atoms with Gasteiger partial charge in [-0.15, -0.1) is 36.3 Å².